The van der Waals surface area contributed by atoms with Gasteiger partial charge in [0.2, 0.25) is 5.95 Å². The normalized spacial score (nSPS) is 10.7. The highest BCUT2D eigenvalue weighted by Gasteiger charge is 2.10. The number of nitrogens with zero attached hydrogens (tertiary/aromatic N) is 4. The SMILES string of the molecule is Cc1cc(-n2nnnc2N)cc(C)c1-c1ccccc1. The zero-order valence-corrected chi connectivity index (χ0v) is 11.4. The first-order valence-corrected chi connectivity index (χ1v) is 6.37. The maximum Gasteiger partial charge on any atom is 0.245 e. The number of tetrazole rings is 1. The van der Waals surface area contributed by atoms with E-state index in [9.17, 15) is 0 Å². The van der Waals surface area contributed by atoms with Gasteiger partial charge in [-0.3, -0.25) is 0 Å². The summed E-state index contributed by atoms with van der Waals surface area (Å²) < 4.78 is 1.54. The Morgan fingerprint density at radius 3 is 2.20 bits per heavy atom. The molecule has 100 valence electrons. The van der Waals surface area contributed by atoms with Crippen LogP contribution in [0.5, 0.6) is 0 Å². The first-order valence-electron chi connectivity index (χ1n) is 6.37. The van der Waals surface area contributed by atoms with Crippen molar-refractivity contribution in [1.29, 1.82) is 0 Å². The van der Waals surface area contributed by atoms with Crippen LogP contribution in [0.3, 0.4) is 0 Å². The molecule has 1 heterocycles. The van der Waals surface area contributed by atoms with Crippen molar-refractivity contribution in [2.45, 2.75) is 13.8 Å². The van der Waals surface area contributed by atoms with Gasteiger partial charge in [0.1, 0.15) is 0 Å². The van der Waals surface area contributed by atoms with E-state index in [4.69, 9.17) is 5.73 Å². The van der Waals surface area contributed by atoms with E-state index in [2.05, 4.69) is 41.5 Å². The number of benzene rings is 2. The van der Waals surface area contributed by atoms with Gasteiger partial charge in [-0.25, -0.2) is 0 Å². The van der Waals surface area contributed by atoms with E-state index in [1.54, 1.807) is 0 Å². The van der Waals surface area contributed by atoms with Gasteiger partial charge in [-0.05, 0) is 58.7 Å². The second-order valence-corrected chi connectivity index (χ2v) is 4.77. The van der Waals surface area contributed by atoms with E-state index in [1.165, 1.54) is 26.9 Å². The molecular formula is C15H15N5. The Morgan fingerprint density at radius 1 is 1.00 bits per heavy atom. The predicted octanol–water partition coefficient (Wildman–Crippen LogP) is 2.53. The molecule has 0 amide bonds. The van der Waals surface area contributed by atoms with Crippen molar-refractivity contribution in [3.8, 4) is 16.8 Å². The van der Waals surface area contributed by atoms with Crippen LogP contribution in [0.25, 0.3) is 16.8 Å². The van der Waals surface area contributed by atoms with Crippen molar-refractivity contribution in [3.63, 3.8) is 0 Å². The first-order chi connectivity index (χ1) is 9.66. The summed E-state index contributed by atoms with van der Waals surface area (Å²) >= 11 is 0. The van der Waals surface area contributed by atoms with E-state index >= 15 is 0 Å². The molecule has 0 unspecified atom stereocenters. The lowest BCUT2D eigenvalue weighted by Gasteiger charge is -2.13. The lowest BCUT2D eigenvalue weighted by atomic mass is 9.95. The number of nitrogens with two attached hydrogens (primary N) is 1. The molecule has 5 heteroatoms. The van der Waals surface area contributed by atoms with E-state index in [1.807, 2.05) is 30.3 Å². The van der Waals surface area contributed by atoms with E-state index in [-0.39, 0.29) is 5.95 Å². The first kappa shape index (κ1) is 12.3. The Kier molecular flexibility index (Phi) is 2.95. The Balaban J connectivity index is 2.15. The van der Waals surface area contributed by atoms with Crippen molar-refractivity contribution < 1.29 is 0 Å². The number of aryl methyl sites for hydroxylation is 2. The van der Waals surface area contributed by atoms with Crippen molar-refractivity contribution in [2.24, 2.45) is 0 Å². The fourth-order valence-electron chi connectivity index (χ4n) is 2.50. The molecule has 0 bridgehead atoms. The summed E-state index contributed by atoms with van der Waals surface area (Å²) in [5.41, 5.74) is 11.4. The second-order valence-electron chi connectivity index (χ2n) is 4.77. The van der Waals surface area contributed by atoms with Crippen LogP contribution in [-0.2, 0) is 0 Å². The Bertz CT molecular complexity index is 723. The van der Waals surface area contributed by atoms with Gasteiger partial charge in [0.15, 0.2) is 0 Å². The zero-order valence-electron chi connectivity index (χ0n) is 11.4. The molecule has 0 aliphatic rings. The fourth-order valence-corrected chi connectivity index (χ4v) is 2.50. The predicted molar refractivity (Wildman–Crippen MR) is 78.5 cm³/mol. The van der Waals surface area contributed by atoms with Crippen LogP contribution in [-0.4, -0.2) is 20.2 Å². The Labute approximate surface area is 117 Å². The zero-order chi connectivity index (χ0) is 14.1. The molecule has 1 aromatic heterocycles. The van der Waals surface area contributed by atoms with Gasteiger partial charge in [0.25, 0.3) is 0 Å². The Hall–Kier alpha value is -2.69. The Morgan fingerprint density at radius 2 is 1.65 bits per heavy atom. The molecule has 3 aromatic rings. The molecule has 3 rings (SSSR count). The maximum atomic E-state index is 5.75. The van der Waals surface area contributed by atoms with Gasteiger partial charge in [-0.2, -0.15) is 4.68 Å². The minimum Gasteiger partial charge on any atom is -0.366 e. The summed E-state index contributed by atoms with van der Waals surface area (Å²) in [7, 11) is 0. The van der Waals surface area contributed by atoms with Gasteiger partial charge in [0.05, 0.1) is 5.69 Å². The molecule has 0 saturated carbocycles. The molecule has 0 aliphatic carbocycles. The highest BCUT2D eigenvalue weighted by Crippen LogP contribution is 2.29. The minimum absolute atomic E-state index is 0.288. The lowest BCUT2D eigenvalue weighted by molar-refractivity contribution is 0.791. The third-order valence-corrected chi connectivity index (χ3v) is 3.32. The maximum absolute atomic E-state index is 5.75. The molecule has 0 spiro atoms. The molecule has 2 N–H and O–H groups in total. The average molecular weight is 265 g/mol. The number of nitrogen functional groups attached to an aromatic ring is 1. The van der Waals surface area contributed by atoms with Crippen molar-refractivity contribution in [1.82, 2.24) is 20.2 Å². The summed E-state index contributed by atoms with van der Waals surface area (Å²) in [5.74, 6) is 0.288. The van der Waals surface area contributed by atoms with E-state index in [0.29, 0.717) is 0 Å². The van der Waals surface area contributed by atoms with Crippen molar-refractivity contribution in [2.75, 3.05) is 5.73 Å². The standard InChI is InChI=1S/C15H15N5/c1-10-8-13(20-15(16)17-18-19-20)9-11(2)14(10)12-6-4-3-5-7-12/h3-9H,1-2H3,(H2,16,17,19). The summed E-state index contributed by atoms with van der Waals surface area (Å²) in [6.07, 6.45) is 0. The molecule has 0 radical (unpaired) electrons. The average Bonchev–Trinajstić information content (AvgIpc) is 2.85. The molecular weight excluding hydrogens is 250 g/mol. The third kappa shape index (κ3) is 2.03. The van der Waals surface area contributed by atoms with Crippen LogP contribution in [0.1, 0.15) is 11.1 Å². The van der Waals surface area contributed by atoms with E-state index < -0.39 is 0 Å². The van der Waals surface area contributed by atoms with Crippen molar-refractivity contribution >= 4 is 5.95 Å². The van der Waals surface area contributed by atoms with Gasteiger partial charge in [-0.1, -0.05) is 35.4 Å². The highest BCUT2D eigenvalue weighted by atomic mass is 15.6. The van der Waals surface area contributed by atoms with Crippen LogP contribution in [0.4, 0.5) is 5.95 Å². The molecule has 20 heavy (non-hydrogen) atoms. The minimum atomic E-state index is 0.288. The molecule has 5 nitrogen and oxygen atoms in total. The summed E-state index contributed by atoms with van der Waals surface area (Å²) in [4.78, 5) is 0. The van der Waals surface area contributed by atoms with Gasteiger partial charge in [-0.15, -0.1) is 0 Å². The molecule has 2 aromatic carbocycles. The quantitative estimate of drug-likeness (QED) is 0.773. The van der Waals surface area contributed by atoms with Crippen molar-refractivity contribution in [3.05, 3.63) is 53.6 Å². The van der Waals surface area contributed by atoms with Crippen LogP contribution < -0.4 is 5.73 Å². The topological polar surface area (TPSA) is 69.6 Å². The van der Waals surface area contributed by atoms with Crippen LogP contribution in [0.15, 0.2) is 42.5 Å². The van der Waals surface area contributed by atoms with Gasteiger partial charge in [0, 0.05) is 0 Å². The van der Waals surface area contributed by atoms with Crippen LogP contribution in [0.2, 0.25) is 0 Å². The summed E-state index contributed by atoms with van der Waals surface area (Å²) in [5, 5.41) is 11.2. The number of aromatic nitrogens is 4. The lowest BCUT2D eigenvalue weighted by Crippen LogP contribution is -2.04. The summed E-state index contributed by atoms with van der Waals surface area (Å²) in [6.45, 7) is 4.17. The second kappa shape index (κ2) is 4.77. The van der Waals surface area contributed by atoms with Crippen LogP contribution in [0, 0.1) is 13.8 Å². The van der Waals surface area contributed by atoms with E-state index in [0.717, 1.165) is 5.69 Å². The number of anilines is 1. The molecule has 0 saturated heterocycles. The monoisotopic (exact) mass is 265 g/mol. The van der Waals surface area contributed by atoms with Gasteiger partial charge < -0.3 is 5.73 Å². The highest BCUT2D eigenvalue weighted by molar-refractivity contribution is 5.72. The largest absolute Gasteiger partial charge is 0.366 e. The van der Waals surface area contributed by atoms with Gasteiger partial charge >= 0.3 is 0 Å². The smallest absolute Gasteiger partial charge is 0.245 e. The number of hydrogen-bond donors (Lipinski definition) is 1. The fraction of sp³-hybridized carbons (Fsp3) is 0.133. The number of hydrogen-bond acceptors (Lipinski definition) is 4. The molecule has 0 fully saturated rings. The third-order valence-electron chi connectivity index (χ3n) is 3.32. The molecule has 0 aliphatic heterocycles. The molecule has 0 atom stereocenters. The summed E-state index contributed by atoms with van der Waals surface area (Å²) in [6, 6.07) is 14.4. The number of rotatable bonds is 2. The van der Waals surface area contributed by atoms with Crippen LogP contribution >= 0.6 is 0 Å².